The standard InChI is InChI=1S/C18H14F2N6O/c1-11-3-2-4-12(7-11)15-10-26(25-22-15)9-14-6-5-13(8-21-14)17-23-24-18(27-17)16(19)20/h2-8,10,16H,9H2,1H3. The maximum Gasteiger partial charge on any atom is 0.314 e. The zero-order valence-electron chi connectivity index (χ0n) is 14.3. The normalized spacial score (nSPS) is 11.3. The Morgan fingerprint density at radius 2 is 1.96 bits per heavy atom. The molecule has 0 unspecified atom stereocenters. The Morgan fingerprint density at radius 3 is 2.67 bits per heavy atom. The predicted octanol–water partition coefficient (Wildman–Crippen LogP) is 3.68. The van der Waals surface area contributed by atoms with Crippen molar-refractivity contribution in [3.63, 3.8) is 0 Å². The molecule has 0 spiro atoms. The van der Waals surface area contributed by atoms with Crippen molar-refractivity contribution in [1.82, 2.24) is 30.2 Å². The third kappa shape index (κ3) is 3.71. The number of aromatic nitrogens is 6. The summed E-state index contributed by atoms with van der Waals surface area (Å²) in [6.07, 6.45) is 0.543. The molecule has 0 atom stereocenters. The minimum absolute atomic E-state index is 0.00633. The number of aryl methyl sites for hydroxylation is 1. The van der Waals surface area contributed by atoms with Crippen molar-refractivity contribution >= 4 is 0 Å². The van der Waals surface area contributed by atoms with Gasteiger partial charge in [-0.05, 0) is 25.1 Å². The van der Waals surface area contributed by atoms with E-state index in [0.717, 1.165) is 22.5 Å². The van der Waals surface area contributed by atoms with Crippen LogP contribution in [0.1, 0.15) is 23.6 Å². The quantitative estimate of drug-likeness (QED) is 0.534. The number of pyridine rings is 1. The molecule has 0 saturated heterocycles. The van der Waals surface area contributed by atoms with Crippen LogP contribution < -0.4 is 0 Å². The lowest BCUT2D eigenvalue weighted by molar-refractivity contribution is 0.116. The summed E-state index contributed by atoms with van der Waals surface area (Å²) in [7, 11) is 0. The van der Waals surface area contributed by atoms with Crippen molar-refractivity contribution in [1.29, 1.82) is 0 Å². The highest BCUT2D eigenvalue weighted by atomic mass is 19.3. The zero-order valence-corrected chi connectivity index (χ0v) is 14.3. The van der Waals surface area contributed by atoms with E-state index in [2.05, 4.69) is 25.5 Å². The van der Waals surface area contributed by atoms with Crippen molar-refractivity contribution in [2.75, 3.05) is 0 Å². The molecule has 0 aliphatic heterocycles. The monoisotopic (exact) mass is 368 g/mol. The fourth-order valence-corrected chi connectivity index (χ4v) is 2.56. The summed E-state index contributed by atoms with van der Waals surface area (Å²) >= 11 is 0. The molecule has 0 fully saturated rings. The van der Waals surface area contributed by atoms with E-state index in [-0.39, 0.29) is 5.89 Å². The molecule has 3 aromatic heterocycles. The van der Waals surface area contributed by atoms with E-state index >= 15 is 0 Å². The number of hydrogen-bond acceptors (Lipinski definition) is 6. The first-order valence-electron chi connectivity index (χ1n) is 8.12. The van der Waals surface area contributed by atoms with Gasteiger partial charge in [0.25, 0.3) is 5.89 Å². The molecule has 7 nitrogen and oxygen atoms in total. The van der Waals surface area contributed by atoms with Crippen LogP contribution in [0.3, 0.4) is 0 Å². The Labute approximate surface area is 152 Å². The minimum Gasteiger partial charge on any atom is -0.415 e. The highest BCUT2D eigenvalue weighted by Crippen LogP contribution is 2.23. The van der Waals surface area contributed by atoms with Gasteiger partial charge in [0.15, 0.2) is 0 Å². The molecule has 0 N–H and O–H groups in total. The Bertz CT molecular complexity index is 1060. The Kier molecular flexibility index (Phi) is 4.41. The molecule has 0 amide bonds. The fourth-order valence-electron chi connectivity index (χ4n) is 2.56. The van der Waals surface area contributed by atoms with Crippen LogP contribution in [0.5, 0.6) is 0 Å². The van der Waals surface area contributed by atoms with Crippen LogP contribution in [0.25, 0.3) is 22.7 Å². The summed E-state index contributed by atoms with van der Waals surface area (Å²) in [6.45, 7) is 2.44. The predicted molar refractivity (Wildman–Crippen MR) is 91.8 cm³/mol. The number of rotatable bonds is 5. The Balaban J connectivity index is 1.49. The van der Waals surface area contributed by atoms with E-state index in [9.17, 15) is 8.78 Å². The highest BCUT2D eigenvalue weighted by Gasteiger charge is 2.17. The molecule has 0 aliphatic rings. The molecule has 9 heteroatoms. The van der Waals surface area contributed by atoms with Gasteiger partial charge in [0.2, 0.25) is 5.89 Å². The van der Waals surface area contributed by atoms with Crippen molar-refractivity contribution in [3.05, 3.63) is 65.9 Å². The molecule has 0 aliphatic carbocycles. The van der Waals surface area contributed by atoms with Crippen molar-refractivity contribution in [2.45, 2.75) is 19.9 Å². The summed E-state index contributed by atoms with van der Waals surface area (Å²) in [5, 5.41) is 15.2. The van der Waals surface area contributed by atoms with Gasteiger partial charge in [0.1, 0.15) is 5.69 Å². The summed E-state index contributed by atoms with van der Waals surface area (Å²) in [5.41, 5.74) is 4.12. The molecule has 0 saturated carbocycles. The van der Waals surface area contributed by atoms with Crippen molar-refractivity contribution in [2.24, 2.45) is 0 Å². The average molecular weight is 368 g/mol. The van der Waals surface area contributed by atoms with Gasteiger partial charge in [-0.1, -0.05) is 29.0 Å². The number of alkyl halides is 2. The van der Waals surface area contributed by atoms with Crippen LogP contribution in [-0.2, 0) is 6.54 Å². The fraction of sp³-hybridized carbons (Fsp3) is 0.167. The number of hydrogen-bond donors (Lipinski definition) is 0. The Morgan fingerprint density at radius 1 is 1.07 bits per heavy atom. The largest absolute Gasteiger partial charge is 0.415 e. The molecule has 3 heterocycles. The smallest absolute Gasteiger partial charge is 0.314 e. The third-order valence-electron chi connectivity index (χ3n) is 3.88. The summed E-state index contributed by atoms with van der Waals surface area (Å²) in [5.74, 6) is -0.702. The molecule has 4 aromatic rings. The van der Waals surface area contributed by atoms with Crippen LogP contribution in [0.4, 0.5) is 8.78 Å². The first-order chi connectivity index (χ1) is 13.1. The Hall–Kier alpha value is -3.49. The zero-order chi connectivity index (χ0) is 18.8. The van der Waals surface area contributed by atoms with Crippen LogP contribution in [0.2, 0.25) is 0 Å². The van der Waals surface area contributed by atoms with Gasteiger partial charge in [0.05, 0.1) is 24.0 Å². The summed E-state index contributed by atoms with van der Waals surface area (Å²) < 4.78 is 31.6. The van der Waals surface area contributed by atoms with Gasteiger partial charge in [-0.3, -0.25) is 4.98 Å². The van der Waals surface area contributed by atoms with Crippen LogP contribution in [0.15, 0.2) is 53.2 Å². The van der Waals surface area contributed by atoms with Crippen LogP contribution >= 0.6 is 0 Å². The molecular formula is C18H14F2N6O. The van der Waals surface area contributed by atoms with Gasteiger partial charge >= 0.3 is 6.43 Å². The van der Waals surface area contributed by atoms with Gasteiger partial charge in [-0.15, -0.1) is 15.3 Å². The summed E-state index contributed by atoms with van der Waals surface area (Å²) in [4.78, 5) is 4.30. The van der Waals surface area contributed by atoms with Crippen LogP contribution in [0, 0.1) is 6.92 Å². The van der Waals surface area contributed by atoms with E-state index in [1.165, 1.54) is 6.20 Å². The van der Waals surface area contributed by atoms with E-state index in [4.69, 9.17) is 4.42 Å². The van der Waals surface area contributed by atoms with Gasteiger partial charge in [0, 0.05) is 11.8 Å². The molecule has 0 radical (unpaired) electrons. The second kappa shape index (κ2) is 7.02. The summed E-state index contributed by atoms with van der Waals surface area (Å²) in [6, 6.07) is 11.4. The number of nitrogens with zero attached hydrogens (tertiary/aromatic N) is 6. The topological polar surface area (TPSA) is 82.5 Å². The lowest BCUT2D eigenvalue weighted by atomic mass is 10.1. The van der Waals surface area contributed by atoms with Gasteiger partial charge in [-0.2, -0.15) is 8.78 Å². The van der Waals surface area contributed by atoms with Gasteiger partial charge < -0.3 is 4.42 Å². The molecule has 27 heavy (non-hydrogen) atoms. The third-order valence-corrected chi connectivity index (χ3v) is 3.88. The SMILES string of the molecule is Cc1cccc(-c2cn(Cc3ccc(-c4nnc(C(F)F)o4)cn3)nn2)c1. The number of benzene rings is 1. The lowest BCUT2D eigenvalue weighted by Crippen LogP contribution is -2.02. The average Bonchev–Trinajstić information content (AvgIpc) is 3.32. The molecule has 0 bridgehead atoms. The first-order valence-corrected chi connectivity index (χ1v) is 8.12. The van der Waals surface area contributed by atoms with Gasteiger partial charge in [-0.25, -0.2) is 4.68 Å². The van der Waals surface area contributed by atoms with Crippen LogP contribution in [-0.4, -0.2) is 30.2 Å². The highest BCUT2D eigenvalue weighted by molar-refractivity contribution is 5.58. The maximum atomic E-state index is 12.5. The molecule has 1 aromatic carbocycles. The van der Waals surface area contributed by atoms with E-state index in [1.807, 2.05) is 37.4 Å². The second-order valence-electron chi connectivity index (χ2n) is 5.96. The minimum atomic E-state index is -2.80. The van der Waals surface area contributed by atoms with E-state index in [0.29, 0.717) is 12.1 Å². The second-order valence-corrected chi connectivity index (χ2v) is 5.96. The van der Waals surface area contributed by atoms with Crippen molar-refractivity contribution < 1.29 is 13.2 Å². The molecule has 4 rings (SSSR count). The first kappa shape index (κ1) is 17.0. The molecular weight excluding hydrogens is 354 g/mol. The maximum absolute atomic E-state index is 12.5. The number of halogens is 2. The lowest BCUT2D eigenvalue weighted by Gasteiger charge is -2.01. The molecule has 136 valence electrons. The van der Waals surface area contributed by atoms with Crippen molar-refractivity contribution in [3.8, 4) is 22.7 Å². The van der Waals surface area contributed by atoms with E-state index < -0.39 is 12.3 Å². The van der Waals surface area contributed by atoms with E-state index in [1.54, 1.807) is 16.8 Å².